The summed E-state index contributed by atoms with van der Waals surface area (Å²) in [6, 6.07) is 2.15. The summed E-state index contributed by atoms with van der Waals surface area (Å²) in [6.45, 7) is 6.19. The number of aryl methyl sites for hydroxylation is 1. The van der Waals surface area contributed by atoms with Crippen LogP contribution in [0.15, 0.2) is 10.5 Å². The summed E-state index contributed by atoms with van der Waals surface area (Å²) >= 11 is 5.42. The summed E-state index contributed by atoms with van der Waals surface area (Å²) in [5.74, 6) is -0.803. The van der Waals surface area contributed by atoms with Crippen LogP contribution in [0.5, 0.6) is 0 Å². The SMILES string of the molecule is Cc1cc(Br)c(CN2CCOC(CN(C)CC(=O)O)C2)s1. The van der Waals surface area contributed by atoms with Crippen molar-refractivity contribution in [2.75, 3.05) is 39.8 Å². The molecule has 1 aliphatic rings. The molecule has 21 heavy (non-hydrogen) atoms. The van der Waals surface area contributed by atoms with E-state index in [4.69, 9.17) is 9.84 Å². The predicted molar refractivity (Wildman–Crippen MR) is 86.9 cm³/mol. The Morgan fingerprint density at radius 2 is 2.43 bits per heavy atom. The van der Waals surface area contributed by atoms with Crippen LogP contribution in [0, 0.1) is 6.92 Å². The molecule has 1 aromatic heterocycles. The van der Waals surface area contributed by atoms with Gasteiger partial charge in [0, 0.05) is 40.4 Å². The van der Waals surface area contributed by atoms with Gasteiger partial charge in [-0.1, -0.05) is 0 Å². The quantitative estimate of drug-likeness (QED) is 0.822. The third kappa shape index (κ3) is 5.34. The van der Waals surface area contributed by atoms with Crippen molar-refractivity contribution >= 4 is 33.2 Å². The number of nitrogens with zero attached hydrogens (tertiary/aromatic N) is 2. The van der Waals surface area contributed by atoms with E-state index >= 15 is 0 Å². The Bertz CT molecular complexity index is 495. The van der Waals surface area contributed by atoms with Crippen LogP contribution < -0.4 is 0 Å². The Hall–Kier alpha value is -0.470. The largest absolute Gasteiger partial charge is 0.480 e. The maximum Gasteiger partial charge on any atom is 0.317 e. The lowest BCUT2D eigenvalue weighted by Gasteiger charge is -2.34. The van der Waals surface area contributed by atoms with Gasteiger partial charge in [-0.25, -0.2) is 0 Å². The third-order valence-corrected chi connectivity index (χ3v) is 5.40. The minimum Gasteiger partial charge on any atom is -0.480 e. The van der Waals surface area contributed by atoms with Crippen molar-refractivity contribution < 1.29 is 14.6 Å². The normalized spacial score (nSPS) is 20.1. The second-order valence-electron chi connectivity index (χ2n) is 5.45. The Balaban J connectivity index is 1.86. The Kier molecular flexibility index (Phi) is 6.19. The molecule has 118 valence electrons. The van der Waals surface area contributed by atoms with Gasteiger partial charge in [0.25, 0.3) is 0 Å². The zero-order valence-electron chi connectivity index (χ0n) is 12.3. The smallest absolute Gasteiger partial charge is 0.317 e. The van der Waals surface area contributed by atoms with E-state index in [0.29, 0.717) is 13.2 Å². The first-order valence-electron chi connectivity index (χ1n) is 6.93. The Morgan fingerprint density at radius 1 is 1.67 bits per heavy atom. The first kappa shape index (κ1) is 16.9. The van der Waals surface area contributed by atoms with Crippen molar-refractivity contribution in [1.82, 2.24) is 9.80 Å². The molecular weight excluding hydrogens is 356 g/mol. The van der Waals surface area contributed by atoms with Gasteiger partial charge in [0.2, 0.25) is 0 Å². The minimum absolute atomic E-state index is 0.0511. The molecule has 1 atom stereocenters. The number of morpholine rings is 1. The van der Waals surface area contributed by atoms with Crippen molar-refractivity contribution in [3.8, 4) is 0 Å². The number of carboxylic acid groups (broad SMARTS) is 1. The molecule has 0 spiro atoms. The van der Waals surface area contributed by atoms with Crippen LogP contribution in [0.1, 0.15) is 9.75 Å². The van der Waals surface area contributed by atoms with Gasteiger partial charge in [-0.15, -0.1) is 11.3 Å². The number of halogens is 1. The lowest BCUT2D eigenvalue weighted by atomic mass is 10.2. The van der Waals surface area contributed by atoms with E-state index < -0.39 is 5.97 Å². The summed E-state index contributed by atoms with van der Waals surface area (Å²) in [7, 11) is 1.82. The zero-order valence-corrected chi connectivity index (χ0v) is 14.7. The summed E-state index contributed by atoms with van der Waals surface area (Å²) in [6.07, 6.45) is 0.0722. The van der Waals surface area contributed by atoms with Crippen LogP contribution in [0.3, 0.4) is 0 Å². The fourth-order valence-corrected chi connectivity index (χ4v) is 4.35. The van der Waals surface area contributed by atoms with E-state index in [9.17, 15) is 4.79 Å². The van der Waals surface area contributed by atoms with Crippen molar-refractivity contribution in [3.63, 3.8) is 0 Å². The number of hydrogen-bond acceptors (Lipinski definition) is 5. The van der Waals surface area contributed by atoms with Crippen LogP contribution >= 0.6 is 27.3 Å². The Morgan fingerprint density at radius 3 is 3.05 bits per heavy atom. The highest BCUT2D eigenvalue weighted by atomic mass is 79.9. The monoisotopic (exact) mass is 376 g/mol. The van der Waals surface area contributed by atoms with E-state index in [2.05, 4.69) is 33.8 Å². The third-order valence-electron chi connectivity index (χ3n) is 3.39. The predicted octanol–water partition coefficient (Wildman–Crippen LogP) is 2.04. The van der Waals surface area contributed by atoms with Gasteiger partial charge in [-0.3, -0.25) is 14.6 Å². The number of ether oxygens (including phenoxy) is 1. The van der Waals surface area contributed by atoms with Crippen LogP contribution in [0.2, 0.25) is 0 Å². The van der Waals surface area contributed by atoms with Crippen molar-refractivity contribution in [2.45, 2.75) is 19.6 Å². The van der Waals surface area contributed by atoms with Crippen LogP contribution in [-0.2, 0) is 16.1 Å². The van der Waals surface area contributed by atoms with Crippen molar-refractivity contribution in [3.05, 3.63) is 20.3 Å². The van der Waals surface area contributed by atoms with Crippen LogP contribution in [0.4, 0.5) is 0 Å². The summed E-state index contributed by atoms with van der Waals surface area (Å²) in [5, 5.41) is 8.80. The van der Waals surface area contributed by atoms with E-state index in [1.54, 1.807) is 4.90 Å². The fraction of sp³-hybridized carbons (Fsp3) is 0.643. The topological polar surface area (TPSA) is 53.0 Å². The standard InChI is InChI=1S/C14H21BrN2O3S/c1-10-5-12(15)13(21-10)8-17-3-4-20-11(7-17)6-16(2)9-14(18)19/h5,11H,3-4,6-9H2,1-2H3,(H,18,19). The molecule has 0 amide bonds. The van der Waals surface area contributed by atoms with Crippen molar-refractivity contribution in [1.29, 1.82) is 0 Å². The highest BCUT2D eigenvalue weighted by molar-refractivity contribution is 9.10. The van der Waals surface area contributed by atoms with Gasteiger partial charge in [0.1, 0.15) is 0 Å². The molecular formula is C14H21BrN2O3S. The minimum atomic E-state index is -0.803. The Labute approximate surface area is 137 Å². The number of hydrogen-bond donors (Lipinski definition) is 1. The van der Waals surface area contributed by atoms with Gasteiger partial charge >= 0.3 is 5.97 Å². The summed E-state index contributed by atoms with van der Waals surface area (Å²) in [4.78, 5) is 17.5. The highest BCUT2D eigenvalue weighted by Crippen LogP contribution is 2.28. The molecule has 1 fully saturated rings. The zero-order chi connectivity index (χ0) is 15.4. The average Bonchev–Trinajstić information content (AvgIpc) is 2.67. The lowest BCUT2D eigenvalue weighted by Crippen LogP contribution is -2.47. The summed E-state index contributed by atoms with van der Waals surface area (Å²) in [5.41, 5.74) is 0. The molecule has 7 heteroatoms. The van der Waals surface area contributed by atoms with Crippen molar-refractivity contribution in [2.24, 2.45) is 0 Å². The second-order valence-corrected chi connectivity index (χ2v) is 7.64. The van der Waals surface area contributed by atoms with Crippen LogP contribution in [0.25, 0.3) is 0 Å². The highest BCUT2D eigenvalue weighted by Gasteiger charge is 2.23. The maximum atomic E-state index is 10.7. The molecule has 0 aliphatic carbocycles. The molecule has 5 nitrogen and oxygen atoms in total. The number of carbonyl (C=O) groups is 1. The molecule has 0 bridgehead atoms. The molecule has 2 heterocycles. The number of likely N-dealkylation sites (N-methyl/N-ethyl adjacent to an activating group) is 1. The van der Waals surface area contributed by atoms with Gasteiger partial charge in [-0.05, 0) is 36.0 Å². The first-order chi connectivity index (χ1) is 9.94. The number of aliphatic carboxylic acids is 1. The lowest BCUT2D eigenvalue weighted by molar-refractivity contribution is -0.138. The molecule has 0 aromatic carbocycles. The fourth-order valence-electron chi connectivity index (χ4n) is 2.52. The van der Waals surface area contributed by atoms with Gasteiger partial charge in [-0.2, -0.15) is 0 Å². The first-order valence-corrected chi connectivity index (χ1v) is 8.54. The number of carboxylic acids is 1. The van der Waals surface area contributed by atoms with Gasteiger partial charge in [0.05, 0.1) is 19.3 Å². The molecule has 1 saturated heterocycles. The maximum absolute atomic E-state index is 10.7. The molecule has 1 aromatic rings. The van der Waals surface area contributed by atoms with Gasteiger partial charge in [0.15, 0.2) is 0 Å². The molecule has 0 radical (unpaired) electrons. The number of thiophene rings is 1. The molecule has 0 saturated carbocycles. The molecule has 1 unspecified atom stereocenters. The van der Waals surface area contributed by atoms with E-state index in [0.717, 1.165) is 19.6 Å². The number of rotatable bonds is 6. The van der Waals surface area contributed by atoms with Crippen LogP contribution in [-0.4, -0.2) is 66.8 Å². The second kappa shape index (κ2) is 7.69. The summed E-state index contributed by atoms with van der Waals surface area (Å²) < 4.78 is 6.93. The molecule has 1 aliphatic heterocycles. The van der Waals surface area contributed by atoms with E-state index in [-0.39, 0.29) is 12.6 Å². The molecule has 2 rings (SSSR count). The average molecular weight is 377 g/mol. The van der Waals surface area contributed by atoms with Gasteiger partial charge < -0.3 is 9.84 Å². The molecule has 1 N–H and O–H groups in total. The van der Waals surface area contributed by atoms with E-state index in [1.807, 2.05) is 18.4 Å². The van der Waals surface area contributed by atoms with E-state index in [1.165, 1.54) is 14.2 Å².